The number of hydrogen-bond acceptors (Lipinski definition) is 4. The highest BCUT2D eigenvalue weighted by Gasteiger charge is 2.32. The Bertz CT molecular complexity index is 790. The first-order valence-corrected chi connectivity index (χ1v) is 8.76. The van der Waals surface area contributed by atoms with E-state index in [1.54, 1.807) is 30.0 Å². The number of rotatable bonds is 6. The summed E-state index contributed by atoms with van der Waals surface area (Å²) in [5.41, 5.74) is 2.65. The number of fused-ring (bicyclic) bond motifs is 1. The molecule has 1 N–H and O–H groups in total. The fourth-order valence-corrected chi connectivity index (χ4v) is 3.29. The molecule has 1 aliphatic heterocycles. The molecule has 0 radical (unpaired) electrons. The number of carbonyl (C=O) groups is 1. The fraction of sp³-hybridized carbons (Fsp3) is 0.474. The maximum atomic E-state index is 13.8. The van der Waals surface area contributed by atoms with Gasteiger partial charge in [0.05, 0.1) is 31.1 Å². The molecule has 140 valence electrons. The summed E-state index contributed by atoms with van der Waals surface area (Å²) >= 11 is 0. The number of halogens is 1. The van der Waals surface area contributed by atoms with Gasteiger partial charge < -0.3 is 14.8 Å². The van der Waals surface area contributed by atoms with Crippen molar-refractivity contribution >= 4 is 5.91 Å². The van der Waals surface area contributed by atoms with E-state index in [9.17, 15) is 9.18 Å². The third kappa shape index (κ3) is 3.78. The lowest BCUT2D eigenvalue weighted by Gasteiger charge is -2.24. The van der Waals surface area contributed by atoms with Gasteiger partial charge in [-0.15, -0.1) is 0 Å². The molecule has 7 heteroatoms. The zero-order valence-corrected chi connectivity index (χ0v) is 15.3. The van der Waals surface area contributed by atoms with Gasteiger partial charge in [0, 0.05) is 31.2 Å². The molecule has 0 saturated carbocycles. The Morgan fingerprint density at radius 3 is 2.92 bits per heavy atom. The van der Waals surface area contributed by atoms with Gasteiger partial charge in [0.25, 0.3) is 5.91 Å². The number of amides is 1. The van der Waals surface area contributed by atoms with Crippen molar-refractivity contribution < 1.29 is 18.7 Å². The summed E-state index contributed by atoms with van der Waals surface area (Å²) in [5.74, 6) is -0.599. The van der Waals surface area contributed by atoms with Gasteiger partial charge in [0.15, 0.2) is 0 Å². The molecule has 6 nitrogen and oxygen atoms in total. The first-order valence-electron chi connectivity index (χ1n) is 8.76. The van der Waals surface area contributed by atoms with Crippen molar-refractivity contribution in [2.24, 2.45) is 0 Å². The van der Waals surface area contributed by atoms with Gasteiger partial charge in [-0.1, -0.05) is 18.2 Å². The number of nitrogens with one attached hydrogen (secondary N) is 1. The summed E-state index contributed by atoms with van der Waals surface area (Å²) in [6.45, 7) is 4.94. The molecule has 3 rings (SSSR count). The third-order valence-corrected chi connectivity index (χ3v) is 4.51. The van der Waals surface area contributed by atoms with E-state index in [1.807, 2.05) is 13.8 Å². The van der Waals surface area contributed by atoms with Crippen LogP contribution < -0.4 is 5.32 Å². The topological polar surface area (TPSA) is 65.4 Å². The molecular weight excluding hydrogens is 337 g/mol. The summed E-state index contributed by atoms with van der Waals surface area (Å²) in [5, 5.41) is 7.39. The van der Waals surface area contributed by atoms with Crippen LogP contribution in [0.3, 0.4) is 0 Å². The molecule has 0 bridgehead atoms. The van der Waals surface area contributed by atoms with Crippen LogP contribution >= 0.6 is 0 Å². The predicted molar refractivity (Wildman–Crippen MR) is 94.3 cm³/mol. The third-order valence-electron chi connectivity index (χ3n) is 4.51. The fourth-order valence-electron chi connectivity index (χ4n) is 3.29. The van der Waals surface area contributed by atoms with E-state index in [0.717, 1.165) is 11.3 Å². The molecule has 0 unspecified atom stereocenters. The van der Waals surface area contributed by atoms with Crippen LogP contribution in [0.2, 0.25) is 0 Å². The van der Waals surface area contributed by atoms with Gasteiger partial charge in [0.2, 0.25) is 0 Å². The van der Waals surface area contributed by atoms with E-state index < -0.39 is 0 Å². The van der Waals surface area contributed by atoms with Crippen molar-refractivity contribution in [3.63, 3.8) is 0 Å². The van der Waals surface area contributed by atoms with Crippen LogP contribution in [0.1, 0.15) is 47.3 Å². The molecule has 2 aromatic rings. The van der Waals surface area contributed by atoms with E-state index in [0.29, 0.717) is 30.8 Å². The van der Waals surface area contributed by atoms with Crippen molar-refractivity contribution in [3.05, 3.63) is 52.6 Å². The molecule has 1 aromatic carbocycles. The van der Waals surface area contributed by atoms with Gasteiger partial charge in [-0.3, -0.25) is 9.48 Å². The van der Waals surface area contributed by atoms with Gasteiger partial charge >= 0.3 is 0 Å². The Hall–Kier alpha value is -2.25. The van der Waals surface area contributed by atoms with Gasteiger partial charge in [-0.05, 0) is 19.9 Å². The summed E-state index contributed by atoms with van der Waals surface area (Å²) in [6, 6.07) is 6.41. The lowest BCUT2D eigenvalue weighted by molar-refractivity contribution is -0.00716. The van der Waals surface area contributed by atoms with Crippen molar-refractivity contribution in [1.29, 1.82) is 0 Å². The Balaban J connectivity index is 1.87. The highest BCUT2D eigenvalue weighted by atomic mass is 19.1. The first-order chi connectivity index (χ1) is 12.5. The Labute approximate surface area is 152 Å². The number of benzene rings is 1. The highest BCUT2D eigenvalue weighted by molar-refractivity contribution is 5.94. The molecule has 0 saturated heterocycles. The minimum absolute atomic E-state index is 0.00990. The summed E-state index contributed by atoms with van der Waals surface area (Å²) < 4.78 is 26.4. The normalized spacial score (nSPS) is 19.2. The number of aromatic nitrogens is 2. The second kappa shape index (κ2) is 7.97. The average Bonchev–Trinajstić information content (AvgIpc) is 2.97. The minimum Gasteiger partial charge on any atom is -0.383 e. The first kappa shape index (κ1) is 18.5. The molecule has 26 heavy (non-hydrogen) atoms. The van der Waals surface area contributed by atoms with E-state index in [1.165, 1.54) is 6.07 Å². The Morgan fingerprint density at radius 1 is 1.42 bits per heavy atom. The van der Waals surface area contributed by atoms with E-state index >= 15 is 0 Å². The number of carbonyl (C=O) groups excluding carboxylic acids is 1. The van der Waals surface area contributed by atoms with Crippen molar-refractivity contribution in [1.82, 2.24) is 15.1 Å². The molecule has 1 aromatic heterocycles. The lowest BCUT2D eigenvalue weighted by Crippen LogP contribution is -2.29. The molecule has 1 aliphatic rings. The summed E-state index contributed by atoms with van der Waals surface area (Å²) in [6.07, 6.45) is 0.459. The van der Waals surface area contributed by atoms with Gasteiger partial charge in [0.1, 0.15) is 11.5 Å². The molecule has 0 fully saturated rings. The van der Waals surface area contributed by atoms with Crippen LogP contribution in [-0.2, 0) is 29.0 Å². The van der Waals surface area contributed by atoms with Crippen LogP contribution in [0.25, 0.3) is 0 Å². The molecule has 0 spiro atoms. The maximum Gasteiger partial charge on any atom is 0.270 e. The zero-order valence-electron chi connectivity index (χ0n) is 15.3. The Kier molecular flexibility index (Phi) is 5.68. The highest BCUT2D eigenvalue weighted by Crippen LogP contribution is 2.31. The van der Waals surface area contributed by atoms with E-state index in [4.69, 9.17) is 9.47 Å². The number of ether oxygens (including phenoxy) is 2. The quantitative estimate of drug-likeness (QED) is 0.859. The molecule has 1 amide bonds. The monoisotopic (exact) mass is 361 g/mol. The summed E-state index contributed by atoms with van der Waals surface area (Å²) in [4.78, 5) is 12.9. The zero-order chi connectivity index (χ0) is 18.7. The van der Waals surface area contributed by atoms with Crippen LogP contribution in [0.4, 0.5) is 4.39 Å². The van der Waals surface area contributed by atoms with E-state index in [-0.39, 0.29) is 30.5 Å². The van der Waals surface area contributed by atoms with Crippen LogP contribution in [0.15, 0.2) is 24.3 Å². The number of nitrogens with zero attached hydrogens (tertiary/aromatic N) is 2. The number of hydrogen-bond donors (Lipinski definition) is 1. The van der Waals surface area contributed by atoms with Crippen molar-refractivity contribution in [3.8, 4) is 0 Å². The van der Waals surface area contributed by atoms with Crippen LogP contribution in [-0.4, -0.2) is 35.5 Å². The van der Waals surface area contributed by atoms with Crippen LogP contribution in [0, 0.1) is 5.82 Å². The Morgan fingerprint density at radius 2 is 2.19 bits per heavy atom. The maximum absolute atomic E-state index is 13.8. The number of methoxy groups -OCH3 is 1. The largest absolute Gasteiger partial charge is 0.383 e. The van der Waals surface area contributed by atoms with Gasteiger partial charge in [-0.2, -0.15) is 5.10 Å². The standard InChI is InChI=1S/C19H24FN3O3/c1-12-10-15-17(13(2)26-12)22-23(8-9-25-3)18(15)19(24)21-11-14-6-4-5-7-16(14)20/h4-7,12-13H,8-11H2,1-3H3,(H,21,24)/t12-,13+/m0/s1. The minimum atomic E-state index is -0.335. The van der Waals surface area contributed by atoms with E-state index in [2.05, 4.69) is 10.4 Å². The molecular formula is C19H24FN3O3. The van der Waals surface area contributed by atoms with Crippen molar-refractivity contribution in [2.45, 2.75) is 45.6 Å². The lowest BCUT2D eigenvalue weighted by atomic mass is 9.99. The molecule has 0 aliphatic carbocycles. The van der Waals surface area contributed by atoms with Crippen LogP contribution in [0.5, 0.6) is 0 Å². The molecule has 2 atom stereocenters. The average molecular weight is 361 g/mol. The molecule has 2 heterocycles. The second-order valence-corrected chi connectivity index (χ2v) is 6.50. The second-order valence-electron chi connectivity index (χ2n) is 6.50. The van der Waals surface area contributed by atoms with Crippen molar-refractivity contribution in [2.75, 3.05) is 13.7 Å². The predicted octanol–water partition coefficient (Wildman–Crippen LogP) is 2.62. The SMILES string of the molecule is COCCn1nc2c(c1C(=O)NCc1ccccc1F)C[C@H](C)O[C@@H]2C. The summed E-state index contributed by atoms with van der Waals surface area (Å²) in [7, 11) is 1.61. The smallest absolute Gasteiger partial charge is 0.270 e. The van der Waals surface area contributed by atoms with Gasteiger partial charge in [-0.25, -0.2) is 4.39 Å².